The number of rotatable bonds is 4. The first-order valence-electron chi connectivity index (χ1n) is 3.65. The van der Waals surface area contributed by atoms with Crippen molar-refractivity contribution >= 4 is 10.1 Å². The van der Waals surface area contributed by atoms with Crippen LogP contribution in [-0.2, 0) is 14.3 Å². The molecule has 0 aliphatic rings. The molecule has 0 aromatic rings. The van der Waals surface area contributed by atoms with Gasteiger partial charge in [0, 0.05) is 0 Å². The predicted octanol–water partition coefficient (Wildman–Crippen LogP) is 0.860. The van der Waals surface area contributed by atoms with Crippen molar-refractivity contribution in [1.29, 1.82) is 0 Å². The van der Waals surface area contributed by atoms with Crippen LogP contribution in [0.3, 0.4) is 0 Å². The lowest BCUT2D eigenvalue weighted by molar-refractivity contribution is 0.00720. The molecule has 0 radical (unpaired) electrons. The Labute approximate surface area is 85.0 Å². The number of aliphatic hydroxyl groups is 1. The molecule has 1 N–H and O–H groups in total. The summed E-state index contributed by atoms with van der Waals surface area (Å²) < 4.78 is 67.8. The van der Waals surface area contributed by atoms with E-state index in [9.17, 15) is 26.0 Å². The molecule has 94 valence electrons. The van der Waals surface area contributed by atoms with Crippen LogP contribution in [0, 0.1) is 0 Å². The summed E-state index contributed by atoms with van der Waals surface area (Å²) in [4.78, 5) is 0. The zero-order valence-electron chi connectivity index (χ0n) is 8.03. The minimum absolute atomic E-state index is 0.718. The van der Waals surface area contributed by atoms with Gasteiger partial charge in [-0.3, -0.25) is 4.18 Å². The highest BCUT2D eigenvalue weighted by Crippen LogP contribution is 1.96. The molecule has 9 heteroatoms. The molecule has 0 saturated heterocycles. The predicted molar refractivity (Wildman–Crippen MR) is 44.5 cm³/mol. The van der Waals surface area contributed by atoms with Gasteiger partial charge in [0.05, 0.1) is 6.26 Å². The van der Waals surface area contributed by atoms with Crippen molar-refractivity contribution in [1.82, 2.24) is 0 Å². The molecule has 4 nitrogen and oxygen atoms in total. The Kier molecular flexibility index (Phi) is 8.87. The molecule has 1 atom stereocenters. The SMILES string of the molecule is CC(O)C(F)F.CS(=O)(=O)OCC(F)F. The van der Waals surface area contributed by atoms with Crippen molar-refractivity contribution in [2.24, 2.45) is 0 Å². The minimum Gasteiger partial charge on any atom is -0.387 e. The van der Waals surface area contributed by atoms with Gasteiger partial charge in [0.2, 0.25) is 0 Å². The molecule has 0 bridgehead atoms. The van der Waals surface area contributed by atoms with Crippen molar-refractivity contribution in [2.75, 3.05) is 12.9 Å². The first kappa shape index (κ1) is 17.0. The number of hydrogen-bond donors (Lipinski definition) is 1. The van der Waals surface area contributed by atoms with Crippen LogP contribution < -0.4 is 0 Å². The van der Waals surface area contributed by atoms with Crippen LogP contribution >= 0.6 is 0 Å². The zero-order valence-corrected chi connectivity index (χ0v) is 8.85. The number of hydrogen-bond acceptors (Lipinski definition) is 4. The van der Waals surface area contributed by atoms with E-state index in [1.165, 1.54) is 0 Å². The molecule has 0 saturated carbocycles. The summed E-state index contributed by atoms with van der Waals surface area (Å²) in [6, 6.07) is 0. The van der Waals surface area contributed by atoms with Crippen LogP contribution in [0.25, 0.3) is 0 Å². The molecule has 1 unspecified atom stereocenters. The highest BCUT2D eigenvalue weighted by molar-refractivity contribution is 7.85. The number of halogens is 4. The van der Waals surface area contributed by atoms with Gasteiger partial charge in [-0.05, 0) is 6.92 Å². The standard InChI is InChI=1S/C3H6F2O3S.C3H6F2O/c1-9(6,7)8-2-3(4)5;1-2(6)3(4)5/h3H,2H2,1H3;2-3,6H,1H3. The third-order valence-corrected chi connectivity index (χ3v) is 1.34. The lowest BCUT2D eigenvalue weighted by atomic mass is 10.4. The van der Waals surface area contributed by atoms with Crippen LogP contribution in [0.15, 0.2) is 0 Å². The third-order valence-electron chi connectivity index (χ3n) is 0.773. The summed E-state index contributed by atoms with van der Waals surface area (Å²) in [6.45, 7) is -0.0104. The van der Waals surface area contributed by atoms with Gasteiger partial charge in [0.25, 0.3) is 23.0 Å². The van der Waals surface area contributed by atoms with Gasteiger partial charge < -0.3 is 5.11 Å². The minimum atomic E-state index is -3.70. The highest BCUT2D eigenvalue weighted by atomic mass is 32.2. The van der Waals surface area contributed by atoms with E-state index in [2.05, 4.69) is 4.18 Å². The summed E-state index contributed by atoms with van der Waals surface area (Å²) in [7, 11) is -3.70. The molecule has 15 heavy (non-hydrogen) atoms. The van der Waals surface area contributed by atoms with E-state index in [0.29, 0.717) is 0 Å². The third kappa shape index (κ3) is 19.8. The van der Waals surface area contributed by atoms with E-state index in [4.69, 9.17) is 5.11 Å². The maximum Gasteiger partial charge on any atom is 0.264 e. The van der Waals surface area contributed by atoms with Crippen LogP contribution in [0.2, 0.25) is 0 Å². The first-order valence-corrected chi connectivity index (χ1v) is 5.46. The Morgan fingerprint density at radius 1 is 1.27 bits per heavy atom. The number of aliphatic hydroxyl groups excluding tert-OH is 1. The Morgan fingerprint density at radius 2 is 1.60 bits per heavy atom. The van der Waals surface area contributed by atoms with Crippen LogP contribution in [0.4, 0.5) is 17.6 Å². The van der Waals surface area contributed by atoms with Gasteiger partial charge in [-0.2, -0.15) is 8.42 Å². The first-order chi connectivity index (χ1) is 6.56. The second-order valence-corrected chi connectivity index (χ2v) is 4.10. The maximum absolute atomic E-state index is 11.2. The van der Waals surface area contributed by atoms with Crippen molar-refractivity contribution in [3.8, 4) is 0 Å². The van der Waals surface area contributed by atoms with Crippen molar-refractivity contribution < 1.29 is 35.3 Å². The lowest BCUT2D eigenvalue weighted by Gasteiger charge is -1.97. The summed E-state index contributed by atoms with van der Waals surface area (Å²) in [5, 5.41) is 7.88. The summed E-state index contributed by atoms with van der Waals surface area (Å²) >= 11 is 0. The molecule has 0 heterocycles. The average Bonchev–Trinajstić information content (AvgIpc) is 2.00. The smallest absolute Gasteiger partial charge is 0.264 e. The summed E-state index contributed by atoms with van der Waals surface area (Å²) in [5.41, 5.74) is 0. The van der Waals surface area contributed by atoms with Crippen molar-refractivity contribution in [3.05, 3.63) is 0 Å². The molecule has 0 aromatic carbocycles. The Balaban J connectivity index is 0. The molecule has 0 fully saturated rings. The van der Waals surface area contributed by atoms with E-state index in [0.717, 1.165) is 13.2 Å². The quantitative estimate of drug-likeness (QED) is 0.598. The molecular weight excluding hydrogens is 244 g/mol. The van der Waals surface area contributed by atoms with Crippen LogP contribution in [-0.4, -0.2) is 45.3 Å². The van der Waals surface area contributed by atoms with Gasteiger partial charge in [-0.1, -0.05) is 0 Å². The lowest BCUT2D eigenvalue weighted by Crippen LogP contribution is -2.10. The van der Waals surface area contributed by atoms with Gasteiger partial charge in [0.15, 0.2) is 0 Å². The Hall–Kier alpha value is -0.410. The van der Waals surface area contributed by atoms with E-state index < -0.39 is 35.7 Å². The Bertz CT molecular complexity index is 234. The van der Waals surface area contributed by atoms with Gasteiger partial charge >= 0.3 is 0 Å². The monoisotopic (exact) mass is 256 g/mol. The van der Waals surface area contributed by atoms with Crippen LogP contribution in [0.1, 0.15) is 6.92 Å². The van der Waals surface area contributed by atoms with Gasteiger partial charge in [-0.15, -0.1) is 0 Å². The number of alkyl halides is 4. The van der Waals surface area contributed by atoms with E-state index in [1.807, 2.05) is 0 Å². The fourth-order valence-corrected chi connectivity index (χ4v) is 0.525. The molecule has 0 amide bonds. The largest absolute Gasteiger partial charge is 0.387 e. The topological polar surface area (TPSA) is 63.6 Å². The van der Waals surface area contributed by atoms with E-state index >= 15 is 0 Å². The molecular formula is C6H12F4O4S. The molecule has 0 aliphatic carbocycles. The molecule has 0 aliphatic heterocycles. The normalized spacial score (nSPS) is 13.7. The fraction of sp³-hybridized carbons (Fsp3) is 1.00. The molecule has 0 rings (SSSR count). The zero-order chi connectivity index (χ0) is 12.6. The van der Waals surface area contributed by atoms with Crippen molar-refractivity contribution in [3.63, 3.8) is 0 Å². The van der Waals surface area contributed by atoms with E-state index in [-0.39, 0.29) is 0 Å². The van der Waals surface area contributed by atoms with Gasteiger partial charge in [0.1, 0.15) is 12.7 Å². The van der Waals surface area contributed by atoms with Crippen LogP contribution in [0.5, 0.6) is 0 Å². The van der Waals surface area contributed by atoms with E-state index in [1.54, 1.807) is 0 Å². The van der Waals surface area contributed by atoms with Crippen molar-refractivity contribution in [2.45, 2.75) is 25.9 Å². The summed E-state index contributed by atoms with van der Waals surface area (Å²) in [6.07, 6.45) is -6.09. The highest BCUT2D eigenvalue weighted by Gasteiger charge is 2.08. The molecule has 0 aromatic heterocycles. The fourth-order valence-electron chi connectivity index (χ4n) is 0.175. The van der Waals surface area contributed by atoms with Gasteiger partial charge in [-0.25, -0.2) is 17.6 Å². The second kappa shape index (κ2) is 7.83. The maximum atomic E-state index is 11.2. The Morgan fingerprint density at radius 3 is 1.67 bits per heavy atom. The second-order valence-electron chi connectivity index (χ2n) is 2.45. The average molecular weight is 256 g/mol. The molecule has 0 spiro atoms. The summed E-state index contributed by atoms with van der Waals surface area (Å²) in [5.74, 6) is 0.